The summed E-state index contributed by atoms with van der Waals surface area (Å²) in [5, 5.41) is 34.3. The van der Waals surface area contributed by atoms with E-state index in [1.54, 1.807) is 30.3 Å². The summed E-state index contributed by atoms with van der Waals surface area (Å²) in [6.07, 6.45) is -0.731. The van der Waals surface area contributed by atoms with Crippen molar-refractivity contribution < 1.29 is 39.3 Å². The van der Waals surface area contributed by atoms with Crippen LogP contribution in [0.25, 0.3) is 0 Å². The molecule has 4 atom stereocenters. The van der Waals surface area contributed by atoms with E-state index in [9.17, 15) is 29.1 Å². The van der Waals surface area contributed by atoms with Crippen LogP contribution in [0.4, 0.5) is 0 Å². The first kappa shape index (κ1) is 30.8. The smallest absolute Gasteiger partial charge is 0.326 e. The van der Waals surface area contributed by atoms with E-state index in [1.807, 2.05) is 0 Å². The van der Waals surface area contributed by atoms with Crippen LogP contribution in [0.3, 0.4) is 0 Å². The fourth-order valence-corrected chi connectivity index (χ4v) is 3.11. The number of benzene rings is 1. The molecule has 0 aliphatic heterocycles. The van der Waals surface area contributed by atoms with Gasteiger partial charge in [0.05, 0.1) is 13.0 Å². The summed E-state index contributed by atoms with van der Waals surface area (Å²) >= 11 is 0. The quantitative estimate of drug-likeness (QED) is 0.0585. The average Bonchev–Trinajstić information content (AvgIpc) is 2.84. The summed E-state index contributed by atoms with van der Waals surface area (Å²) in [6, 6.07) is 3.05. The number of aliphatic imine (C=N–C) groups is 1. The molecule has 0 bridgehead atoms. The van der Waals surface area contributed by atoms with Gasteiger partial charge in [0.2, 0.25) is 17.7 Å². The molecule has 3 amide bonds. The van der Waals surface area contributed by atoms with Gasteiger partial charge in [0.1, 0.15) is 24.2 Å². The number of guanidine groups is 1. The van der Waals surface area contributed by atoms with Crippen LogP contribution in [-0.2, 0) is 30.4 Å². The predicted octanol–water partition coefficient (Wildman–Crippen LogP) is -3.38. The summed E-state index contributed by atoms with van der Waals surface area (Å²) in [7, 11) is 0. The van der Waals surface area contributed by atoms with Crippen molar-refractivity contribution in [2.24, 2.45) is 22.2 Å². The number of nitrogens with two attached hydrogens (primary N) is 3. The topological polar surface area (TPSA) is 273 Å². The number of nitrogens with one attached hydrogen (secondary N) is 3. The van der Waals surface area contributed by atoms with Gasteiger partial charge in [-0.3, -0.25) is 24.2 Å². The van der Waals surface area contributed by atoms with Gasteiger partial charge in [-0.2, -0.15) is 0 Å². The molecule has 0 heterocycles. The predicted molar refractivity (Wildman–Crippen MR) is 131 cm³/mol. The van der Waals surface area contributed by atoms with Crippen LogP contribution in [0.2, 0.25) is 0 Å². The molecule has 1 aromatic carbocycles. The Morgan fingerprint density at radius 3 is 1.97 bits per heavy atom. The number of carbonyl (C=O) groups is 5. The summed E-state index contributed by atoms with van der Waals surface area (Å²) in [6.45, 7) is -0.573. The van der Waals surface area contributed by atoms with E-state index >= 15 is 0 Å². The maximum absolute atomic E-state index is 13.2. The molecule has 4 unspecified atom stereocenters. The highest BCUT2D eigenvalue weighted by atomic mass is 16.4. The Hall–Kier alpha value is -4.24. The molecule has 15 nitrogen and oxygen atoms in total. The van der Waals surface area contributed by atoms with Crippen LogP contribution in [0, 0.1) is 0 Å². The van der Waals surface area contributed by atoms with Gasteiger partial charge in [-0.05, 0) is 18.4 Å². The molecule has 1 rings (SSSR count). The molecule has 15 heteroatoms. The minimum Gasteiger partial charge on any atom is -0.481 e. The molecule has 0 aliphatic carbocycles. The maximum Gasteiger partial charge on any atom is 0.326 e. The highest BCUT2D eigenvalue weighted by Gasteiger charge is 2.31. The van der Waals surface area contributed by atoms with Gasteiger partial charge < -0.3 is 48.5 Å². The summed E-state index contributed by atoms with van der Waals surface area (Å²) < 4.78 is 0. The van der Waals surface area contributed by atoms with Crippen molar-refractivity contribution in [2.45, 2.75) is 49.9 Å². The SMILES string of the molecule is NC(N)=NCCCC(NC(=O)C(Cc1ccccc1)NC(=O)C(N)CO)C(=O)NC(CC(=O)O)C(=O)O. The molecule has 0 aromatic heterocycles. The van der Waals surface area contributed by atoms with Crippen molar-refractivity contribution in [1.29, 1.82) is 0 Å². The number of aliphatic hydroxyl groups excluding tert-OH is 1. The van der Waals surface area contributed by atoms with Crippen molar-refractivity contribution in [3.05, 3.63) is 35.9 Å². The van der Waals surface area contributed by atoms with E-state index < -0.39 is 66.9 Å². The Morgan fingerprint density at radius 2 is 1.43 bits per heavy atom. The second-order valence-corrected chi connectivity index (χ2v) is 8.05. The van der Waals surface area contributed by atoms with E-state index in [4.69, 9.17) is 27.4 Å². The van der Waals surface area contributed by atoms with E-state index in [1.165, 1.54) is 0 Å². The summed E-state index contributed by atoms with van der Waals surface area (Å²) in [5.74, 6) is -5.78. The number of amides is 3. The third-order valence-electron chi connectivity index (χ3n) is 5.02. The van der Waals surface area contributed by atoms with Crippen LogP contribution in [0.5, 0.6) is 0 Å². The van der Waals surface area contributed by atoms with Crippen molar-refractivity contribution in [1.82, 2.24) is 16.0 Å². The molecule has 0 spiro atoms. The molecular formula is C22H33N7O8. The van der Waals surface area contributed by atoms with Crippen LogP contribution >= 0.6 is 0 Å². The zero-order valence-electron chi connectivity index (χ0n) is 20.0. The number of hydrogen-bond donors (Lipinski definition) is 9. The first-order chi connectivity index (χ1) is 17.4. The number of carboxylic acid groups (broad SMARTS) is 2. The largest absolute Gasteiger partial charge is 0.481 e. The van der Waals surface area contributed by atoms with Gasteiger partial charge in [-0.15, -0.1) is 0 Å². The maximum atomic E-state index is 13.2. The summed E-state index contributed by atoms with van der Waals surface area (Å²) in [4.78, 5) is 64.4. The molecule has 0 radical (unpaired) electrons. The zero-order valence-corrected chi connectivity index (χ0v) is 20.0. The number of hydrogen-bond acceptors (Lipinski definition) is 8. The lowest BCUT2D eigenvalue weighted by Crippen LogP contribution is -2.58. The van der Waals surface area contributed by atoms with Gasteiger partial charge in [0, 0.05) is 13.0 Å². The van der Waals surface area contributed by atoms with E-state index in [-0.39, 0.29) is 31.8 Å². The second kappa shape index (κ2) is 15.7. The van der Waals surface area contributed by atoms with Crippen molar-refractivity contribution >= 4 is 35.6 Å². The number of aliphatic carboxylic acids is 2. The van der Waals surface area contributed by atoms with Gasteiger partial charge >= 0.3 is 11.9 Å². The molecule has 0 aliphatic rings. The van der Waals surface area contributed by atoms with Gasteiger partial charge in [0.25, 0.3) is 0 Å². The standard InChI is InChI=1S/C22H33N7O8/c23-13(11-30)18(33)28-15(9-12-5-2-1-3-6-12)20(35)27-14(7-4-8-26-22(24)25)19(34)29-16(21(36)37)10-17(31)32/h1-3,5-6,13-16,30H,4,7-11,23H2,(H,27,35)(H,28,33)(H,29,34)(H,31,32)(H,36,37)(H4,24,25,26). The number of carboxylic acids is 2. The Balaban J connectivity index is 3.13. The number of rotatable bonds is 16. The fraction of sp³-hybridized carbons (Fsp3) is 0.455. The van der Waals surface area contributed by atoms with Gasteiger partial charge in [0.15, 0.2) is 5.96 Å². The van der Waals surface area contributed by atoms with E-state index in [2.05, 4.69) is 20.9 Å². The summed E-state index contributed by atoms with van der Waals surface area (Å²) in [5.41, 5.74) is 16.8. The van der Waals surface area contributed by atoms with Gasteiger partial charge in [-0.25, -0.2) is 4.79 Å². The second-order valence-electron chi connectivity index (χ2n) is 8.05. The Morgan fingerprint density at radius 1 is 0.865 bits per heavy atom. The highest BCUT2D eigenvalue weighted by Crippen LogP contribution is 2.07. The monoisotopic (exact) mass is 523 g/mol. The highest BCUT2D eigenvalue weighted by molar-refractivity contribution is 5.94. The van der Waals surface area contributed by atoms with Crippen LogP contribution in [0.1, 0.15) is 24.8 Å². The van der Waals surface area contributed by atoms with E-state index in [0.717, 1.165) is 0 Å². The minimum atomic E-state index is -1.75. The first-order valence-corrected chi connectivity index (χ1v) is 11.3. The van der Waals surface area contributed by atoms with E-state index in [0.29, 0.717) is 5.56 Å². The number of carbonyl (C=O) groups excluding carboxylic acids is 3. The molecule has 37 heavy (non-hydrogen) atoms. The molecule has 204 valence electrons. The molecule has 0 saturated carbocycles. The van der Waals surface area contributed by atoms with Crippen molar-refractivity contribution in [2.75, 3.05) is 13.2 Å². The average molecular weight is 524 g/mol. The number of nitrogens with zero attached hydrogens (tertiary/aromatic N) is 1. The lowest BCUT2D eigenvalue weighted by molar-refractivity contribution is -0.147. The van der Waals surface area contributed by atoms with Crippen molar-refractivity contribution in [3.63, 3.8) is 0 Å². The van der Waals surface area contributed by atoms with Gasteiger partial charge in [-0.1, -0.05) is 30.3 Å². The molecule has 1 aromatic rings. The Bertz CT molecular complexity index is 969. The third-order valence-corrected chi connectivity index (χ3v) is 5.02. The van der Waals surface area contributed by atoms with Crippen molar-refractivity contribution in [3.8, 4) is 0 Å². The normalized spacial score (nSPS) is 13.8. The Kier molecular flexibility index (Phi) is 13.1. The lowest BCUT2D eigenvalue weighted by atomic mass is 10.0. The van der Waals surface area contributed by atoms with Crippen LogP contribution in [0.15, 0.2) is 35.3 Å². The molecule has 0 fully saturated rings. The van der Waals surface area contributed by atoms with Crippen LogP contribution < -0.4 is 33.2 Å². The zero-order chi connectivity index (χ0) is 28.0. The first-order valence-electron chi connectivity index (χ1n) is 11.3. The Labute approximate surface area is 212 Å². The molecular weight excluding hydrogens is 490 g/mol. The van der Waals surface area contributed by atoms with Crippen LogP contribution in [-0.4, -0.2) is 88.3 Å². The third kappa shape index (κ3) is 11.8. The number of aliphatic hydroxyl groups is 1. The fourth-order valence-electron chi connectivity index (χ4n) is 3.11. The lowest BCUT2D eigenvalue weighted by Gasteiger charge is -2.25. The molecule has 0 saturated heterocycles. The minimum absolute atomic E-state index is 0.00959. The molecule has 12 N–H and O–H groups in total.